The van der Waals surface area contributed by atoms with Crippen molar-refractivity contribution >= 4 is 29.1 Å². The van der Waals surface area contributed by atoms with Crippen molar-refractivity contribution < 1.29 is 9.90 Å². The predicted molar refractivity (Wildman–Crippen MR) is 69.4 cm³/mol. The monoisotopic (exact) mass is 281 g/mol. The van der Waals surface area contributed by atoms with E-state index in [1.165, 1.54) is 11.8 Å². The maximum atomic E-state index is 10.9. The summed E-state index contributed by atoms with van der Waals surface area (Å²) in [4.78, 5) is 24.0. The van der Waals surface area contributed by atoms with Crippen molar-refractivity contribution in [1.82, 2.24) is 15.0 Å². The van der Waals surface area contributed by atoms with Gasteiger partial charge in [0.15, 0.2) is 9.50 Å². The summed E-state index contributed by atoms with van der Waals surface area (Å²) >= 11 is 2.44. The maximum Gasteiger partial charge on any atom is 0.347 e. The van der Waals surface area contributed by atoms with Crippen LogP contribution in [0.1, 0.15) is 26.8 Å². The van der Waals surface area contributed by atoms with Crippen molar-refractivity contribution in [3.05, 3.63) is 28.0 Å². The summed E-state index contributed by atoms with van der Waals surface area (Å²) in [6.07, 6.45) is 0. The summed E-state index contributed by atoms with van der Waals surface area (Å²) in [5.74, 6) is -0.946. The number of hydrogen-bond acceptors (Lipinski definition) is 6. The number of nitrogens with zero attached hydrogens (tertiary/aromatic N) is 3. The molecule has 0 aliphatic rings. The van der Waals surface area contributed by atoms with Gasteiger partial charge in [-0.05, 0) is 38.6 Å². The SMILES string of the molecule is Cc1cc(C)nc(Sc2nc(C)c(C(=O)O)s2)n1. The smallest absolute Gasteiger partial charge is 0.347 e. The minimum Gasteiger partial charge on any atom is -0.477 e. The zero-order valence-electron chi connectivity index (χ0n) is 10.1. The lowest BCUT2D eigenvalue weighted by Gasteiger charge is -1.99. The van der Waals surface area contributed by atoms with Crippen LogP contribution in [0.5, 0.6) is 0 Å². The number of rotatable bonds is 3. The molecule has 2 heterocycles. The quantitative estimate of drug-likeness (QED) is 0.872. The second-order valence-electron chi connectivity index (χ2n) is 3.73. The molecular weight excluding hydrogens is 270 g/mol. The van der Waals surface area contributed by atoms with E-state index in [1.807, 2.05) is 19.9 Å². The minimum absolute atomic E-state index is 0.266. The Labute approximate surface area is 112 Å². The molecule has 7 heteroatoms. The Kier molecular flexibility index (Phi) is 3.63. The highest BCUT2D eigenvalue weighted by Crippen LogP contribution is 2.31. The standard InChI is InChI=1S/C11H11N3O2S2/c1-5-4-6(2)13-10(12-5)18-11-14-7(3)8(17-11)9(15)16/h4H,1-3H3,(H,15,16). The lowest BCUT2D eigenvalue weighted by atomic mass is 10.4. The van der Waals surface area contributed by atoms with Gasteiger partial charge in [0, 0.05) is 11.4 Å². The minimum atomic E-state index is -0.946. The molecule has 18 heavy (non-hydrogen) atoms. The first-order valence-corrected chi connectivity index (χ1v) is 6.80. The molecule has 0 saturated carbocycles. The van der Waals surface area contributed by atoms with Crippen molar-refractivity contribution in [2.45, 2.75) is 30.3 Å². The number of aromatic carboxylic acids is 1. The van der Waals surface area contributed by atoms with Crippen LogP contribution in [0.3, 0.4) is 0 Å². The van der Waals surface area contributed by atoms with Gasteiger partial charge in [-0.1, -0.05) is 11.3 Å². The van der Waals surface area contributed by atoms with E-state index in [1.54, 1.807) is 6.92 Å². The zero-order valence-corrected chi connectivity index (χ0v) is 11.7. The van der Waals surface area contributed by atoms with E-state index in [0.717, 1.165) is 22.7 Å². The van der Waals surface area contributed by atoms with Crippen LogP contribution in [0, 0.1) is 20.8 Å². The third-order valence-corrected chi connectivity index (χ3v) is 4.18. The number of carboxylic acids is 1. The Balaban J connectivity index is 2.28. The summed E-state index contributed by atoms with van der Waals surface area (Å²) < 4.78 is 0.648. The van der Waals surface area contributed by atoms with Gasteiger partial charge in [-0.3, -0.25) is 0 Å². The molecule has 0 atom stereocenters. The molecule has 5 nitrogen and oxygen atoms in total. The molecule has 1 N–H and O–H groups in total. The number of aryl methyl sites for hydroxylation is 3. The van der Waals surface area contributed by atoms with Gasteiger partial charge in [-0.15, -0.1) is 0 Å². The Morgan fingerprint density at radius 1 is 1.22 bits per heavy atom. The van der Waals surface area contributed by atoms with Gasteiger partial charge < -0.3 is 5.11 Å². The summed E-state index contributed by atoms with van der Waals surface area (Å²) in [6.45, 7) is 5.48. The second-order valence-corrected chi connectivity index (χ2v) is 5.95. The van der Waals surface area contributed by atoms with E-state index in [4.69, 9.17) is 5.11 Å². The molecule has 0 radical (unpaired) electrons. The molecule has 0 aromatic carbocycles. The van der Waals surface area contributed by atoms with E-state index in [-0.39, 0.29) is 4.88 Å². The van der Waals surface area contributed by atoms with Crippen LogP contribution >= 0.6 is 23.1 Å². The van der Waals surface area contributed by atoms with Gasteiger partial charge in [-0.2, -0.15) is 0 Å². The predicted octanol–water partition coefficient (Wildman–Crippen LogP) is 2.71. The first-order valence-electron chi connectivity index (χ1n) is 5.16. The molecule has 0 aliphatic carbocycles. The molecule has 2 aromatic rings. The molecule has 0 aliphatic heterocycles. The van der Waals surface area contributed by atoms with Crippen LogP contribution < -0.4 is 0 Å². The molecule has 94 valence electrons. The Morgan fingerprint density at radius 2 is 1.83 bits per heavy atom. The zero-order chi connectivity index (χ0) is 13.3. The highest BCUT2D eigenvalue weighted by molar-refractivity contribution is 8.00. The second kappa shape index (κ2) is 5.03. The fourth-order valence-electron chi connectivity index (χ4n) is 1.43. The van der Waals surface area contributed by atoms with Gasteiger partial charge in [0.1, 0.15) is 4.88 Å². The van der Waals surface area contributed by atoms with Gasteiger partial charge in [0.2, 0.25) is 0 Å². The molecular formula is C11H11N3O2S2. The molecule has 0 saturated heterocycles. The van der Waals surface area contributed by atoms with E-state index < -0.39 is 5.97 Å². The van der Waals surface area contributed by atoms with E-state index in [9.17, 15) is 4.79 Å². The van der Waals surface area contributed by atoms with Crippen LogP contribution in [0.4, 0.5) is 0 Å². The van der Waals surface area contributed by atoms with Gasteiger partial charge in [0.05, 0.1) is 5.69 Å². The Hall–Kier alpha value is -1.47. The third-order valence-electron chi connectivity index (χ3n) is 2.11. The Morgan fingerprint density at radius 3 is 2.33 bits per heavy atom. The van der Waals surface area contributed by atoms with Gasteiger partial charge >= 0.3 is 5.97 Å². The van der Waals surface area contributed by atoms with E-state index in [2.05, 4.69) is 15.0 Å². The van der Waals surface area contributed by atoms with Crippen molar-refractivity contribution in [2.24, 2.45) is 0 Å². The third kappa shape index (κ3) is 2.85. The first-order chi connectivity index (χ1) is 8.45. The van der Waals surface area contributed by atoms with Crippen molar-refractivity contribution in [2.75, 3.05) is 0 Å². The van der Waals surface area contributed by atoms with Crippen molar-refractivity contribution in [3.63, 3.8) is 0 Å². The number of carbonyl (C=O) groups is 1. The van der Waals surface area contributed by atoms with E-state index in [0.29, 0.717) is 15.2 Å². The average Bonchev–Trinajstić information content (AvgIpc) is 2.57. The molecule has 0 spiro atoms. The summed E-state index contributed by atoms with van der Waals surface area (Å²) in [5.41, 5.74) is 2.30. The summed E-state index contributed by atoms with van der Waals surface area (Å²) in [7, 11) is 0. The Bertz CT molecular complexity index is 590. The number of aromatic nitrogens is 3. The number of hydrogen-bond donors (Lipinski definition) is 1. The van der Waals surface area contributed by atoms with E-state index >= 15 is 0 Å². The summed E-state index contributed by atoms with van der Waals surface area (Å²) in [5, 5.41) is 9.56. The van der Waals surface area contributed by atoms with Crippen LogP contribution in [0.2, 0.25) is 0 Å². The molecule has 0 bridgehead atoms. The molecule has 0 fully saturated rings. The number of carboxylic acid groups (broad SMARTS) is 1. The topological polar surface area (TPSA) is 76.0 Å². The fraction of sp³-hybridized carbons (Fsp3) is 0.273. The summed E-state index contributed by atoms with van der Waals surface area (Å²) in [6, 6.07) is 1.89. The fourth-order valence-corrected chi connectivity index (χ4v) is 3.43. The molecule has 0 amide bonds. The average molecular weight is 281 g/mol. The van der Waals surface area contributed by atoms with Gasteiger partial charge in [-0.25, -0.2) is 19.7 Å². The molecule has 2 aromatic heterocycles. The highest BCUT2D eigenvalue weighted by Gasteiger charge is 2.15. The molecule has 2 rings (SSSR count). The van der Waals surface area contributed by atoms with Crippen LogP contribution in [-0.4, -0.2) is 26.0 Å². The highest BCUT2D eigenvalue weighted by atomic mass is 32.2. The van der Waals surface area contributed by atoms with Gasteiger partial charge in [0.25, 0.3) is 0 Å². The van der Waals surface area contributed by atoms with Crippen LogP contribution in [0.15, 0.2) is 15.6 Å². The number of thiazole rings is 1. The normalized spacial score (nSPS) is 10.6. The van der Waals surface area contributed by atoms with Crippen LogP contribution in [-0.2, 0) is 0 Å². The maximum absolute atomic E-state index is 10.9. The van der Waals surface area contributed by atoms with Crippen molar-refractivity contribution in [3.8, 4) is 0 Å². The lowest BCUT2D eigenvalue weighted by Crippen LogP contribution is -1.94. The lowest BCUT2D eigenvalue weighted by molar-refractivity contribution is 0.0701. The largest absolute Gasteiger partial charge is 0.477 e. The first kappa shape index (κ1) is 13.0. The van der Waals surface area contributed by atoms with Crippen LogP contribution in [0.25, 0.3) is 0 Å². The molecule has 0 unspecified atom stereocenters. The van der Waals surface area contributed by atoms with Crippen molar-refractivity contribution in [1.29, 1.82) is 0 Å².